The number of amides is 1. The van der Waals surface area contributed by atoms with Crippen LogP contribution in [0.15, 0.2) is 0 Å². The van der Waals surface area contributed by atoms with Gasteiger partial charge in [-0.1, -0.05) is 0 Å². The molecule has 17 heavy (non-hydrogen) atoms. The monoisotopic (exact) mass is 241 g/mol. The van der Waals surface area contributed by atoms with E-state index in [1.54, 1.807) is 0 Å². The Bertz CT molecular complexity index is 258. The number of hydrogen-bond acceptors (Lipinski definition) is 4. The fourth-order valence-corrected chi connectivity index (χ4v) is 2.40. The van der Waals surface area contributed by atoms with Gasteiger partial charge in [0.1, 0.15) is 0 Å². The van der Waals surface area contributed by atoms with Crippen molar-refractivity contribution in [3.05, 3.63) is 0 Å². The van der Waals surface area contributed by atoms with Gasteiger partial charge >= 0.3 is 0 Å². The van der Waals surface area contributed by atoms with E-state index in [0.29, 0.717) is 19.1 Å². The Morgan fingerprint density at radius 1 is 1.29 bits per heavy atom. The SMILES string of the molecule is CN1CCC(OC2CN(C(=O)CCN)C2)CC1. The largest absolute Gasteiger partial charge is 0.371 e. The summed E-state index contributed by atoms with van der Waals surface area (Å²) in [7, 11) is 2.15. The van der Waals surface area contributed by atoms with E-state index < -0.39 is 0 Å². The van der Waals surface area contributed by atoms with Crippen molar-refractivity contribution in [2.45, 2.75) is 31.5 Å². The Morgan fingerprint density at radius 2 is 1.94 bits per heavy atom. The number of rotatable bonds is 4. The molecule has 2 heterocycles. The molecule has 2 N–H and O–H groups in total. The second-order valence-electron chi connectivity index (χ2n) is 5.10. The predicted molar refractivity (Wildman–Crippen MR) is 65.6 cm³/mol. The second-order valence-corrected chi connectivity index (χ2v) is 5.10. The molecular weight excluding hydrogens is 218 g/mol. The van der Waals surface area contributed by atoms with Crippen molar-refractivity contribution >= 4 is 5.91 Å². The summed E-state index contributed by atoms with van der Waals surface area (Å²) in [6, 6.07) is 0. The summed E-state index contributed by atoms with van der Waals surface area (Å²) in [4.78, 5) is 15.7. The van der Waals surface area contributed by atoms with Gasteiger partial charge in [-0.3, -0.25) is 4.79 Å². The van der Waals surface area contributed by atoms with Crippen molar-refractivity contribution in [3.63, 3.8) is 0 Å². The lowest BCUT2D eigenvalue weighted by Gasteiger charge is -2.42. The van der Waals surface area contributed by atoms with Gasteiger partial charge in [0.15, 0.2) is 0 Å². The van der Waals surface area contributed by atoms with Crippen LogP contribution >= 0.6 is 0 Å². The molecule has 0 aromatic heterocycles. The van der Waals surface area contributed by atoms with E-state index >= 15 is 0 Å². The zero-order chi connectivity index (χ0) is 12.3. The second kappa shape index (κ2) is 5.80. The smallest absolute Gasteiger partial charge is 0.224 e. The maximum atomic E-state index is 11.5. The normalized spacial score (nSPS) is 23.8. The molecule has 2 aliphatic heterocycles. The first-order chi connectivity index (χ1) is 8.19. The average Bonchev–Trinajstić information content (AvgIpc) is 2.25. The highest BCUT2D eigenvalue weighted by atomic mass is 16.5. The summed E-state index contributed by atoms with van der Waals surface area (Å²) in [5.41, 5.74) is 5.36. The number of likely N-dealkylation sites (tertiary alicyclic amines) is 2. The van der Waals surface area contributed by atoms with Gasteiger partial charge in [-0.05, 0) is 19.9 Å². The van der Waals surface area contributed by atoms with E-state index in [4.69, 9.17) is 10.5 Å². The number of carbonyl (C=O) groups is 1. The van der Waals surface area contributed by atoms with E-state index in [9.17, 15) is 4.79 Å². The van der Waals surface area contributed by atoms with Crippen LogP contribution in [0.25, 0.3) is 0 Å². The summed E-state index contributed by atoms with van der Waals surface area (Å²) in [6.45, 7) is 4.19. The molecule has 2 rings (SSSR count). The van der Waals surface area contributed by atoms with Gasteiger partial charge < -0.3 is 20.3 Å². The molecule has 5 heteroatoms. The molecular formula is C12H23N3O2. The average molecular weight is 241 g/mol. The Hall–Kier alpha value is -0.650. The van der Waals surface area contributed by atoms with E-state index in [1.165, 1.54) is 0 Å². The van der Waals surface area contributed by atoms with Crippen LogP contribution in [0.2, 0.25) is 0 Å². The highest BCUT2D eigenvalue weighted by Gasteiger charge is 2.33. The number of piperidine rings is 1. The highest BCUT2D eigenvalue weighted by molar-refractivity contribution is 5.77. The van der Waals surface area contributed by atoms with Gasteiger partial charge in [0, 0.05) is 39.1 Å². The van der Waals surface area contributed by atoms with E-state index in [2.05, 4.69) is 11.9 Å². The lowest BCUT2D eigenvalue weighted by Crippen LogP contribution is -2.56. The molecule has 0 unspecified atom stereocenters. The molecule has 0 spiro atoms. The Labute approximate surface area is 103 Å². The van der Waals surface area contributed by atoms with Gasteiger partial charge in [0.05, 0.1) is 12.2 Å². The van der Waals surface area contributed by atoms with Crippen LogP contribution in [0.1, 0.15) is 19.3 Å². The minimum absolute atomic E-state index is 0.163. The van der Waals surface area contributed by atoms with Gasteiger partial charge in [-0.15, -0.1) is 0 Å². The summed E-state index contributed by atoms with van der Waals surface area (Å²) in [5.74, 6) is 0.163. The molecule has 0 bridgehead atoms. The maximum absolute atomic E-state index is 11.5. The fraction of sp³-hybridized carbons (Fsp3) is 0.917. The van der Waals surface area contributed by atoms with Gasteiger partial charge in [-0.25, -0.2) is 0 Å². The maximum Gasteiger partial charge on any atom is 0.224 e. The highest BCUT2D eigenvalue weighted by Crippen LogP contribution is 2.19. The first-order valence-electron chi connectivity index (χ1n) is 6.51. The predicted octanol–water partition coefficient (Wildman–Crippen LogP) is -0.343. The summed E-state index contributed by atoms with van der Waals surface area (Å²) < 4.78 is 5.98. The van der Waals surface area contributed by atoms with Gasteiger partial charge in [-0.2, -0.15) is 0 Å². The lowest BCUT2D eigenvalue weighted by atomic mass is 10.1. The standard InChI is InChI=1S/C12H23N3O2/c1-14-6-3-10(4-7-14)17-11-8-15(9-11)12(16)2-5-13/h10-11H,2-9,13H2,1H3. The van der Waals surface area contributed by atoms with E-state index in [1.807, 2.05) is 4.90 Å². The molecule has 0 atom stereocenters. The molecule has 1 amide bonds. The molecule has 2 saturated heterocycles. The lowest BCUT2D eigenvalue weighted by molar-refractivity contribution is -0.151. The first-order valence-corrected chi connectivity index (χ1v) is 6.51. The molecule has 98 valence electrons. The topological polar surface area (TPSA) is 58.8 Å². The Kier molecular flexibility index (Phi) is 4.36. The zero-order valence-corrected chi connectivity index (χ0v) is 10.6. The number of carbonyl (C=O) groups excluding carboxylic acids is 1. The van der Waals surface area contributed by atoms with Crippen molar-refractivity contribution in [2.24, 2.45) is 5.73 Å². The molecule has 0 radical (unpaired) electrons. The molecule has 5 nitrogen and oxygen atoms in total. The van der Waals surface area contributed by atoms with Crippen molar-refractivity contribution in [3.8, 4) is 0 Å². The molecule has 2 fully saturated rings. The van der Waals surface area contributed by atoms with Crippen molar-refractivity contribution < 1.29 is 9.53 Å². The molecule has 2 aliphatic rings. The summed E-state index contributed by atoms with van der Waals surface area (Å²) in [5, 5.41) is 0. The number of hydrogen-bond donors (Lipinski definition) is 1. The summed E-state index contributed by atoms with van der Waals surface area (Å²) >= 11 is 0. The van der Waals surface area contributed by atoms with Crippen molar-refractivity contribution in [1.29, 1.82) is 0 Å². The first kappa shape index (κ1) is 12.8. The number of nitrogens with two attached hydrogens (primary N) is 1. The third kappa shape index (κ3) is 3.40. The molecule has 0 aromatic rings. The zero-order valence-electron chi connectivity index (χ0n) is 10.6. The Morgan fingerprint density at radius 3 is 2.53 bits per heavy atom. The van der Waals surface area contributed by atoms with Crippen LogP contribution < -0.4 is 5.73 Å². The molecule has 0 aromatic carbocycles. The summed E-state index contributed by atoms with van der Waals surface area (Å²) in [6.07, 6.45) is 3.34. The fourth-order valence-electron chi connectivity index (χ4n) is 2.40. The van der Waals surface area contributed by atoms with Gasteiger partial charge in [0.25, 0.3) is 0 Å². The molecule has 0 aliphatic carbocycles. The van der Waals surface area contributed by atoms with E-state index in [-0.39, 0.29) is 12.0 Å². The van der Waals surface area contributed by atoms with E-state index in [0.717, 1.165) is 39.0 Å². The van der Waals surface area contributed by atoms with Crippen molar-refractivity contribution in [1.82, 2.24) is 9.80 Å². The minimum Gasteiger partial charge on any atom is -0.371 e. The third-order valence-electron chi connectivity index (χ3n) is 3.61. The van der Waals surface area contributed by atoms with Crippen molar-refractivity contribution in [2.75, 3.05) is 39.8 Å². The van der Waals surface area contributed by atoms with Crippen LogP contribution in [0.5, 0.6) is 0 Å². The third-order valence-corrected chi connectivity index (χ3v) is 3.61. The number of ether oxygens (including phenoxy) is 1. The van der Waals surface area contributed by atoms with Crippen LogP contribution in [0.4, 0.5) is 0 Å². The number of nitrogens with zero attached hydrogens (tertiary/aromatic N) is 2. The minimum atomic E-state index is 0.163. The van der Waals surface area contributed by atoms with Gasteiger partial charge in [0.2, 0.25) is 5.91 Å². The van der Waals surface area contributed by atoms with Crippen LogP contribution in [-0.2, 0) is 9.53 Å². The molecule has 0 saturated carbocycles. The van der Waals surface area contributed by atoms with Crippen LogP contribution in [0, 0.1) is 0 Å². The van der Waals surface area contributed by atoms with Crippen LogP contribution in [0.3, 0.4) is 0 Å². The Balaban J connectivity index is 1.62. The van der Waals surface area contributed by atoms with Crippen LogP contribution in [-0.4, -0.2) is 67.7 Å². The quantitative estimate of drug-likeness (QED) is 0.731.